The van der Waals surface area contributed by atoms with Crippen molar-refractivity contribution >= 4 is 23.5 Å². The van der Waals surface area contributed by atoms with E-state index in [0.29, 0.717) is 5.69 Å². The maximum Gasteiger partial charge on any atom is 0.408 e. The largest absolute Gasteiger partial charge is 0.467 e. The number of hydrogen-bond acceptors (Lipinski definition) is 6. The van der Waals surface area contributed by atoms with E-state index in [4.69, 9.17) is 10.5 Å². The standard InChI is InChI=1S/C16H22N2O5/c1-16(2,3)23-15(21)18-12(14(20)22-4)9-13(19)10-7-5-6-8-11(10)17/h5-8,12H,9,17H2,1-4H3,(H,18,21)/t12-/m0/s1. The van der Waals surface area contributed by atoms with Crippen LogP contribution in [0.15, 0.2) is 24.3 Å². The highest BCUT2D eigenvalue weighted by Crippen LogP contribution is 2.15. The molecule has 0 radical (unpaired) electrons. The number of nitrogens with two attached hydrogens (primary N) is 1. The first-order valence-electron chi connectivity index (χ1n) is 7.09. The van der Waals surface area contributed by atoms with E-state index >= 15 is 0 Å². The van der Waals surface area contributed by atoms with Crippen molar-refractivity contribution in [1.29, 1.82) is 0 Å². The Hall–Kier alpha value is -2.57. The highest BCUT2D eigenvalue weighted by molar-refractivity contribution is 6.03. The molecule has 0 aromatic heterocycles. The fourth-order valence-electron chi connectivity index (χ4n) is 1.83. The van der Waals surface area contributed by atoms with E-state index in [1.165, 1.54) is 7.11 Å². The quantitative estimate of drug-likeness (QED) is 0.487. The van der Waals surface area contributed by atoms with Crippen molar-refractivity contribution < 1.29 is 23.9 Å². The summed E-state index contributed by atoms with van der Waals surface area (Å²) < 4.78 is 9.70. The predicted molar refractivity (Wildman–Crippen MR) is 85.0 cm³/mol. The Balaban J connectivity index is 2.83. The van der Waals surface area contributed by atoms with Gasteiger partial charge in [-0.2, -0.15) is 0 Å². The van der Waals surface area contributed by atoms with Gasteiger partial charge >= 0.3 is 12.1 Å². The number of alkyl carbamates (subject to hydrolysis) is 1. The van der Waals surface area contributed by atoms with Crippen molar-refractivity contribution in [1.82, 2.24) is 5.32 Å². The van der Waals surface area contributed by atoms with Gasteiger partial charge in [0, 0.05) is 17.7 Å². The van der Waals surface area contributed by atoms with Crippen molar-refractivity contribution in [2.45, 2.75) is 38.8 Å². The van der Waals surface area contributed by atoms with Crippen LogP contribution in [0.25, 0.3) is 0 Å². The molecule has 1 rings (SSSR count). The van der Waals surface area contributed by atoms with E-state index in [2.05, 4.69) is 10.1 Å². The smallest absolute Gasteiger partial charge is 0.408 e. The van der Waals surface area contributed by atoms with E-state index in [1.54, 1.807) is 45.0 Å². The second kappa shape index (κ2) is 7.62. The topological polar surface area (TPSA) is 108 Å². The Morgan fingerprint density at radius 1 is 1.22 bits per heavy atom. The van der Waals surface area contributed by atoms with E-state index in [9.17, 15) is 14.4 Å². The molecule has 0 spiro atoms. The number of Topliss-reactive ketones (excluding diaryl/α,β-unsaturated/α-hetero) is 1. The molecule has 0 bridgehead atoms. The number of ether oxygens (including phenoxy) is 2. The molecule has 0 saturated carbocycles. The molecule has 0 saturated heterocycles. The van der Waals surface area contributed by atoms with Gasteiger partial charge in [0.1, 0.15) is 11.6 Å². The molecule has 0 aliphatic carbocycles. The van der Waals surface area contributed by atoms with Crippen molar-refractivity contribution in [2.24, 2.45) is 0 Å². The van der Waals surface area contributed by atoms with Gasteiger partial charge in [0.2, 0.25) is 0 Å². The lowest BCUT2D eigenvalue weighted by molar-refractivity contribution is -0.143. The molecule has 1 aromatic rings. The van der Waals surface area contributed by atoms with Crippen molar-refractivity contribution in [2.75, 3.05) is 12.8 Å². The monoisotopic (exact) mass is 322 g/mol. The molecule has 23 heavy (non-hydrogen) atoms. The molecule has 7 nitrogen and oxygen atoms in total. The molecule has 7 heteroatoms. The van der Waals surface area contributed by atoms with E-state index in [0.717, 1.165) is 0 Å². The minimum atomic E-state index is -1.15. The summed E-state index contributed by atoms with van der Waals surface area (Å²) >= 11 is 0. The number of hydrogen-bond donors (Lipinski definition) is 2. The van der Waals surface area contributed by atoms with E-state index in [-0.39, 0.29) is 17.8 Å². The summed E-state index contributed by atoms with van der Waals surface area (Å²) in [7, 11) is 1.17. The average molecular weight is 322 g/mol. The maximum atomic E-state index is 12.3. The fraction of sp³-hybridized carbons (Fsp3) is 0.438. The molecular weight excluding hydrogens is 300 g/mol. The van der Waals surface area contributed by atoms with Crippen LogP contribution in [0.2, 0.25) is 0 Å². The Morgan fingerprint density at radius 2 is 1.83 bits per heavy atom. The predicted octanol–water partition coefficient (Wildman–Crippen LogP) is 1.91. The Kier molecular flexibility index (Phi) is 6.12. The van der Waals surface area contributed by atoms with Crippen LogP contribution in [0.5, 0.6) is 0 Å². The summed E-state index contributed by atoms with van der Waals surface area (Å²) in [5, 5.41) is 2.35. The Bertz CT molecular complexity index is 592. The van der Waals surface area contributed by atoms with Crippen LogP contribution in [0.4, 0.5) is 10.5 Å². The lowest BCUT2D eigenvalue weighted by atomic mass is 10.0. The van der Waals surface area contributed by atoms with Gasteiger partial charge in [0.15, 0.2) is 5.78 Å². The minimum Gasteiger partial charge on any atom is -0.467 e. The van der Waals surface area contributed by atoms with Gasteiger partial charge in [-0.05, 0) is 32.9 Å². The summed E-state index contributed by atoms with van der Waals surface area (Å²) in [6, 6.07) is 5.35. The molecule has 0 aliphatic rings. The van der Waals surface area contributed by atoms with E-state index in [1.807, 2.05) is 0 Å². The van der Waals surface area contributed by atoms with Crippen LogP contribution < -0.4 is 11.1 Å². The van der Waals surface area contributed by atoms with Crippen LogP contribution >= 0.6 is 0 Å². The first-order chi connectivity index (χ1) is 10.6. The number of nitrogens with one attached hydrogen (secondary N) is 1. The van der Waals surface area contributed by atoms with Crippen LogP contribution in [0, 0.1) is 0 Å². The second-order valence-electron chi connectivity index (χ2n) is 5.94. The number of amides is 1. The third-order valence-corrected chi connectivity index (χ3v) is 2.83. The second-order valence-corrected chi connectivity index (χ2v) is 5.94. The van der Waals surface area contributed by atoms with Crippen LogP contribution in [-0.2, 0) is 14.3 Å². The number of carbonyl (C=O) groups excluding carboxylic acids is 3. The Labute approximate surface area is 135 Å². The van der Waals surface area contributed by atoms with Gasteiger partial charge in [-0.25, -0.2) is 9.59 Å². The summed E-state index contributed by atoms with van der Waals surface area (Å²) in [5.41, 5.74) is 5.61. The van der Waals surface area contributed by atoms with Gasteiger partial charge in [-0.15, -0.1) is 0 Å². The fourth-order valence-corrected chi connectivity index (χ4v) is 1.83. The minimum absolute atomic E-state index is 0.278. The number of benzene rings is 1. The van der Waals surface area contributed by atoms with Crippen LogP contribution in [-0.4, -0.2) is 36.6 Å². The highest BCUT2D eigenvalue weighted by Gasteiger charge is 2.28. The summed E-state index contributed by atoms with van der Waals surface area (Å²) in [5.74, 6) is -1.12. The molecule has 3 N–H and O–H groups in total. The van der Waals surface area contributed by atoms with Crippen LogP contribution in [0.3, 0.4) is 0 Å². The highest BCUT2D eigenvalue weighted by atomic mass is 16.6. The normalized spacial score (nSPS) is 12.2. The van der Waals surface area contributed by atoms with Crippen LogP contribution in [0.1, 0.15) is 37.6 Å². The summed E-state index contributed by atoms with van der Waals surface area (Å²) in [4.78, 5) is 35.9. The lowest BCUT2D eigenvalue weighted by Gasteiger charge is -2.22. The van der Waals surface area contributed by atoms with Crippen molar-refractivity contribution in [3.8, 4) is 0 Å². The molecule has 1 amide bonds. The van der Waals surface area contributed by atoms with Gasteiger partial charge < -0.3 is 20.5 Å². The van der Waals surface area contributed by atoms with Gasteiger partial charge in [0.25, 0.3) is 0 Å². The first-order valence-corrected chi connectivity index (χ1v) is 7.09. The van der Waals surface area contributed by atoms with Gasteiger partial charge in [0.05, 0.1) is 7.11 Å². The zero-order valence-corrected chi connectivity index (χ0v) is 13.7. The molecular formula is C16H22N2O5. The molecule has 0 unspecified atom stereocenters. The van der Waals surface area contributed by atoms with E-state index < -0.39 is 23.7 Å². The average Bonchev–Trinajstić information content (AvgIpc) is 2.44. The number of nitrogen functional groups attached to an aromatic ring is 1. The molecule has 0 aliphatic heterocycles. The summed E-state index contributed by atoms with van der Waals surface area (Å²) in [6.07, 6.45) is -1.08. The third kappa shape index (κ3) is 5.98. The summed E-state index contributed by atoms with van der Waals surface area (Å²) in [6.45, 7) is 5.07. The molecule has 1 atom stereocenters. The zero-order valence-electron chi connectivity index (χ0n) is 13.7. The number of carbonyl (C=O) groups is 3. The number of anilines is 1. The zero-order chi connectivity index (χ0) is 17.6. The Morgan fingerprint density at radius 3 is 2.35 bits per heavy atom. The van der Waals surface area contributed by atoms with Crippen molar-refractivity contribution in [3.63, 3.8) is 0 Å². The number of para-hydroxylation sites is 1. The number of methoxy groups -OCH3 is 1. The third-order valence-electron chi connectivity index (χ3n) is 2.83. The number of esters is 1. The van der Waals surface area contributed by atoms with Gasteiger partial charge in [-0.1, -0.05) is 12.1 Å². The maximum absolute atomic E-state index is 12.3. The van der Waals surface area contributed by atoms with Crippen molar-refractivity contribution in [3.05, 3.63) is 29.8 Å². The SMILES string of the molecule is COC(=O)[C@H](CC(=O)c1ccccc1N)NC(=O)OC(C)(C)C. The molecule has 126 valence electrons. The van der Waals surface area contributed by atoms with Gasteiger partial charge in [-0.3, -0.25) is 4.79 Å². The molecule has 0 fully saturated rings. The number of rotatable bonds is 5. The molecule has 0 heterocycles. The lowest BCUT2D eigenvalue weighted by Crippen LogP contribution is -2.45. The molecule has 1 aromatic carbocycles. The first kappa shape index (κ1) is 18.5. The number of ketones is 1.